The second-order valence-electron chi connectivity index (χ2n) is 7.98. The van der Waals surface area contributed by atoms with Gasteiger partial charge in [0, 0.05) is 35.7 Å². The van der Waals surface area contributed by atoms with Gasteiger partial charge >= 0.3 is 0 Å². The lowest BCUT2D eigenvalue weighted by molar-refractivity contribution is -0.115. The highest BCUT2D eigenvalue weighted by molar-refractivity contribution is 6.15. The van der Waals surface area contributed by atoms with Gasteiger partial charge < -0.3 is 19.7 Å². The summed E-state index contributed by atoms with van der Waals surface area (Å²) >= 11 is 0. The van der Waals surface area contributed by atoms with Crippen molar-refractivity contribution in [1.82, 2.24) is 4.90 Å². The third kappa shape index (κ3) is 3.79. The van der Waals surface area contributed by atoms with Crippen LogP contribution in [0.1, 0.15) is 42.4 Å². The maximum Gasteiger partial charge on any atom is 0.224 e. The van der Waals surface area contributed by atoms with Crippen LogP contribution in [0.15, 0.2) is 41.4 Å². The number of rotatable bonds is 5. The van der Waals surface area contributed by atoms with Crippen LogP contribution < -0.4 is 14.8 Å². The highest BCUT2D eigenvalue weighted by atomic mass is 16.5. The molecule has 1 N–H and O–H groups in total. The first-order valence-corrected chi connectivity index (χ1v) is 10.5. The minimum Gasteiger partial charge on any atom is -0.493 e. The van der Waals surface area contributed by atoms with Crippen LogP contribution in [-0.2, 0) is 4.79 Å². The summed E-state index contributed by atoms with van der Waals surface area (Å²) in [6.45, 7) is 3.87. The molecule has 0 radical (unpaired) electrons. The zero-order chi connectivity index (χ0) is 21.3. The molecule has 1 fully saturated rings. The van der Waals surface area contributed by atoms with E-state index < -0.39 is 0 Å². The summed E-state index contributed by atoms with van der Waals surface area (Å²) in [6.07, 6.45) is 1.49. The molecular formula is C24H29N3O3. The second kappa shape index (κ2) is 8.48. The van der Waals surface area contributed by atoms with E-state index in [1.807, 2.05) is 37.3 Å². The van der Waals surface area contributed by atoms with E-state index in [1.54, 1.807) is 14.2 Å². The van der Waals surface area contributed by atoms with Crippen molar-refractivity contribution in [2.45, 2.75) is 31.7 Å². The number of hydrogen-bond donors (Lipinski definition) is 1. The Morgan fingerprint density at radius 2 is 1.87 bits per heavy atom. The van der Waals surface area contributed by atoms with Crippen LogP contribution in [0.3, 0.4) is 0 Å². The summed E-state index contributed by atoms with van der Waals surface area (Å²) < 4.78 is 11.2. The van der Waals surface area contributed by atoms with Crippen molar-refractivity contribution in [3.8, 4) is 11.5 Å². The average molecular weight is 408 g/mol. The van der Waals surface area contributed by atoms with Crippen molar-refractivity contribution in [2.24, 2.45) is 4.99 Å². The standard InChI is InChI=1S/C24H29N3O3/c1-5-23(28)25-16-8-6-15(7-9-16)24-18-13-22(30-4)21(29-3)12-17(18)19-14-27(2)11-10-20(19)26-24/h6-9,12-13,19-20H,5,10-11,14H2,1-4H3,(H,25,28)/t19-,20-/m1/s1. The monoisotopic (exact) mass is 407 g/mol. The SMILES string of the molecule is CCC(=O)Nc1ccc(C2=N[C@@H]3CCN(C)C[C@@H]3c3cc(OC)c(OC)cc32)cc1. The van der Waals surface area contributed by atoms with Gasteiger partial charge in [-0.2, -0.15) is 0 Å². The maximum atomic E-state index is 11.7. The van der Waals surface area contributed by atoms with Gasteiger partial charge in [-0.1, -0.05) is 19.1 Å². The molecule has 6 heteroatoms. The number of ether oxygens (including phenoxy) is 2. The third-order valence-electron chi connectivity index (χ3n) is 6.05. The van der Waals surface area contributed by atoms with Gasteiger partial charge in [0.15, 0.2) is 11.5 Å². The normalized spacial score (nSPS) is 20.6. The molecular weight excluding hydrogens is 378 g/mol. The summed E-state index contributed by atoms with van der Waals surface area (Å²) in [7, 11) is 5.50. The second-order valence-corrected chi connectivity index (χ2v) is 7.98. The van der Waals surface area contributed by atoms with E-state index in [2.05, 4.69) is 23.3 Å². The molecule has 2 heterocycles. The van der Waals surface area contributed by atoms with Gasteiger partial charge in [-0.3, -0.25) is 9.79 Å². The van der Waals surface area contributed by atoms with E-state index >= 15 is 0 Å². The van der Waals surface area contributed by atoms with Crippen molar-refractivity contribution < 1.29 is 14.3 Å². The van der Waals surface area contributed by atoms with E-state index in [9.17, 15) is 4.79 Å². The van der Waals surface area contributed by atoms with Crippen molar-refractivity contribution in [1.29, 1.82) is 0 Å². The van der Waals surface area contributed by atoms with Crippen LogP contribution in [0.2, 0.25) is 0 Å². The number of carbonyl (C=O) groups excluding carboxylic acids is 1. The molecule has 2 aliphatic heterocycles. The molecule has 0 aromatic heterocycles. The minimum absolute atomic E-state index is 0.00843. The van der Waals surface area contributed by atoms with Crippen LogP contribution in [0.25, 0.3) is 0 Å². The van der Waals surface area contributed by atoms with Crippen LogP contribution in [-0.4, -0.2) is 56.9 Å². The number of anilines is 1. The Hall–Kier alpha value is -2.86. The number of likely N-dealkylation sites (tertiary alicyclic amines) is 1. The molecule has 1 saturated heterocycles. The number of hydrogen-bond acceptors (Lipinski definition) is 5. The molecule has 0 aliphatic carbocycles. The number of amides is 1. The Kier molecular flexibility index (Phi) is 5.77. The predicted octanol–water partition coefficient (Wildman–Crippen LogP) is 3.69. The summed E-state index contributed by atoms with van der Waals surface area (Å²) in [5.41, 5.74) is 5.17. The lowest BCUT2D eigenvalue weighted by Gasteiger charge is -2.39. The Morgan fingerprint density at radius 1 is 1.17 bits per heavy atom. The molecule has 0 bridgehead atoms. The van der Waals surface area contributed by atoms with Crippen molar-refractivity contribution in [2.75, 3.05) is 39.7 Å². The summed E-state index contributed by atoms with van der Waals surface area (Å²) in [5.74, 6) is 1.81. The predicted molar refractivity (Wildman–Crippen MR) is 119 cm³/mol. The molecule has 6 nitrogen and oxygen atoms in total. The van der Waals surface area contributed by atoms with Crippen LogP contribution >= 0.6 is 0 Å². The molecule has 0 spiro atoms. The number of likely N-dealkylation sites (N-methyl/N-ethyl adjacent to an activating group) is 1. The van der Waals surface area contributed by atoms with Crippen LogP contribution in [0.4, 0.5) is 5.69 Å². The Labute approximate surface area is 177 Å². The van der Waals surface area contributed by atoms with E-state index in [-0.39, 0.29) is 11.9 Å². The van der Waals surface area contributed by atoms with Gasteiger partial charge in [-0.15, -0.1) is 0 Å². The first kappa shape index (κ1) is 20.4. The fourth-order valence-corrected chi connectivity index (χ4v) is 4.40. The smallest absolute Gasteiger partial charge is 0.224 e. The first-order chi connectivity index (χ1) is 14.5. The number of aliphatic imine (C=N–C) groups is 1. The Bertz CT molecular complexity index is 968. The largest absolute Gasteiger partial charge is 0.493 e. The third-order valence-corrected chi connectivity index (χ3v) is 6.05. The minimum atomic E-state index is 0.00843. The van der Waals surface area contributed by atoms with Crippen molar-refractivity contribution >= 4 is 17.3 Å². The molecule has 2 atom stereocenters. The highest BCUT2D eigenvalue weighted by Crippen LogP contribution is 2.42. The topological polar surface area (TPSA) is 63.2 Å². The van der Waals surface area contributed by atoms with Gasteiger partial charge in [-0.25, -0.2) is 0 Å². The van der Waals surface area contributed by atoms with E-state index in [4.69, 9.17) is 14.5 Å². The van der Waals surface area contributed by atoms with Crippen LogP contribution in [0, 0.1) is 0 Å². The molecule has 4 rings (SSSR count). The van der Waals surface area contributed by atoms with Gasteiger partial charge in [0.25, 0.3) is 0 Å². The lowest BCUT2D eigenvalue weighted by atomic mass is 9.79. The molecule has 2 aromatic rings. The maximum absolute atomic E-state index is 11.7. The molecule has 30 heavy (non-hydrogen) atoms. The molecule has 0 saturated carbocycles. The van der Waals surface area contributed by atoms with Crippen molar-refractivity contribution in [3.63, 3.8) is 0 Å². The first-order valence-electron chi connectivity index (χ1n) is 10.5. The van der Waals surface area contributed by atoms with E-state index in [0.717, 1.165) is 47.8 Å². The number of carbonyl (C=O) groups is 1. The lowest BCUT2D eigenvalue weighted by Crippen LogP contribution is -2.41. The summed E-state index contributed by atoms with van der Waals surface area (Å²) in [5, 5.41) is 2.90. The van der Waals surface area contributed by atoms with Crippen LogP contribution in [0.5, 0.6) is 11.5 Å². The number of methoxy groups -OCH3 is 2. The van der Waals surface area contributed by atoms with Gasteiger partial charge in [0.05, 0.1) is 26.0 Å². The van der Waals surface area contributed by atoms with E-state index in [0.29, 0.717) is 18.1 Å². The van der Waals surface area contributed by atoms with E-state index in [1.165, 1.54) is 5.56 Å². The Balaban J connectivity index is 1.77. The highest BCUT2D eigenvalue weighted by Gasteiger charge is 2.36. The van der Waals surface area contributed by atoms with Gasteiger partial charge in [0.1, 0.15) is 0 Å². The molecule has 1 amide bonds. The zero-order valence-electron chi connectivity index (χ0n) is 18.1. The number of fused-ring (bicyclic) bond motifs is 3. The van der Waals surface area contributed by atoms with Gasteiger partial charge in [-0.05, 0) is 49.8 Å². The molecule has 158 valence electrons. The fraction of sp³-hybridized carbons (Fsp3) is 0.417. The molecule has 2 aromatic carbocycles. The number of benzene rings is 2. The number of nitrogens with one attached hydrogen (secondary N) is 1. The quantitative estimate of drug-likeness (QED) is 0.821. The number of piperidine rings is 1. The Morgan fingerprint density at radius 3 is 2.53 bits per heavy atom. The van der Waals surface area contributed by atoms with Crippen molar-refractivity contribution in [3.05, 3.63) is 53.1 Å². The number of nitrogens with zero attached hydrogens (tertiary/aromatic N) is 2. The summed E-state index contributed by atoms with van der Waals surface area (Å²) in [4.78, 5) is 19.2. The molecule has 0 unspecified atom stereocenters. The fourth-order valence-electron chi connectivity index (χ4n) is 4.40. The summed E-state index contributed by atoms with van der Waals surface area (Å²) in [6, 6.07) is 12.3. The zero-order valence-corrected chi connectivity index (χ0v) is 18.1. The van der Waals surface area contributed by atoms with Gasteiger partial charge in [0.2, 0.25) is 5.91 Å². The molecule has 2 aliphatic rings. The average Bonchev–Trinajstić information content (AvgIpc) is 2.78.